The number of halogens is 1. The van der Waals surface area contributed by atoms with E-state index in [9.17, 15) is 9.18 Å². The second-order valence-corrected chi connectivity index (χ2v) is 3.53. The van der Waals surface area contributed by atoms with Crippen LogP contribution in [-0.2, 0) is 4.79 Å². The van der Waals surface area contributed by atoms with Gasteiger partial charge in [0.1, 0.15) is 0 Å². The van der Waals surface area contributed by atoms with Gasteiger partial charge < -0.3 is 4.90 Å². The highest BCUT2D eigenvalue weighted by Crippen LogP contribution is 2.23. The lowest BCUT2D eigenvalue weighted by molar-refractivity contribution is -0.132. The maximum absolute atomic E-state index is 11.9. The first-order valence-electron chi connectivity index (χ1n) is 4.52. The van der Waals surface area contributed by atoms with Gasteiger partial charge in [0.05, 0.1) is 13.1 Å². The molecule has 0 saturated carbocycles. The van der Waals surface area contributed by atoms with Crippen LogP contribution < -0.4 is 0 Å². The number of carbonyl (C=O) groups excluding carboxylic acids is 1. The van der Waals surface area contributed by atoms with Crippen LogP contribution in [0.1, 0.15) is 26.7 Å². The summed E-state index contributed by atoms with van der Waals surface area (Å²) < 4.78 is 11.9. The molecule has 1 saturated heterocycles. The molecule has 1 rings (SSSR count). The molecule has 0 radical (unpaired) electrons. The zero-order valence-electron chi connectivity index (χ0n) is 7.72. The van der Waals surface area contributed by atoms with Crippen molar-refractivity contribution in [1.82, 2.24) is 4.90 Å². The second kappa shape index (κ2) is 3.87. The first-order valence-corrected chi connectivity index (χ1v) is 4.52. The van der Waals surface area contributed by atoms with Crippen molar-refractivity contribution in [3.63, 3.8) is 0 Å². The van der Waals surface area contributed by atoms with Gasteiger partial charge in [0.2, 0.25) is 5.91 Å². The lowest BCUT2D eigenvalue weighted by Gasteiger charge is -2.22. The molecular weight excluding hydrogens is 157 g/mol. The monoisotopic (exact) mass is 173 g/mol. The number of carbonyl (C=O) groups is 1. The number of hydrogen-bond donors (Lipinski definition) is 0. The molecule has 0 N–H and O–H groups in total. The standard InChI is InChI=1S/C9H16FNO/c1-7-4-6-11(8(7)2)9(12)3-5-10/h7-8H,3-6H2,1-2H3. The fourth-order valence-corrected chi connectivity index (χ4v) is 1.67. The molecule has 3 heteroatoms. The Bertz CT molecular complexity index is 172. The van der Waals surface area contributed by atoms with E-state index in [0.29, 0.717) is 12.0 Å². The second-order valence-electron chi connectivity index (χ2n) is 3.53. The zero-order valence-corrected chi connectivity index (χ0v) is 7.72. The molecule has 1 aliphatic rings. The van der Waals surface area contributed by atoms with Gasteiger partial charge in [-0.25, -0.2) is 0 Å². The Labute approximate surface area is 72.7 Å². The largest absolute Gasteiger partial charge is 0.340 e. The Morgan fingerprint density at radius 3 is 2.67 bits per heavy atom. The summed E-state index contributed by atoms with van der Waals surface area (Å²) in [7, 11) is 0. The number of amides is 1. The number of alkyl halides is 1. The third-order valence-corrected chi connectivity index (χ3v) is 2.77. The first kappa shape index (κ1) is 9.49. The summed E-state index contributed by atoms with van der Waals surface area (Å²) in [5.74, 6) is 0.530. The maximum Gasteiger partial charge on any atom is 0.225 e. The Morgan fingerprint density at radius 1 is 1.58 bits per heavy atom. The van der Waals surface area contributed by atoms with Crippen LogP contribution in [0.25, 0.3) is 0 Å². The smallest absolute Gasteiger partial charge is 0.225 e. The van der Waals surface area contributed by atoms with Crippen molar-refractivity contribution >= 4 is 5.91 Å². The van der Waals surface area contributed by atoms with Gasteiger partial charge in [-0.15, -0.1) is 0 Å². The molecule has 0 aromatic heterocycles. The number of likely N-dealkylation sites (tertiary alicyclic amines) is 1. The minimum absolute atomic E-state index is 0.0330. The van der Waals surface area contributed by atoms with Crippen LogP contribution in [0.5, 0.6) is 0 Å². The fraction of sp³-hybridized carbons (Fsp3) is 0.889. The SMILES string of the molecule is CC1CCN(C(=O)CCF)C1C. The average molecular weight is 173 g/mol. The molecule has 12 heavy (non-hydrogen) atoms. The van der Waals surface area contributed by atoms with Crippen molar-refractivity contribution in [3.05, 3.63) is 0 Å². The molecule has 2 unspecified atom stereocenters. The minimum atomic E-state index is -0.531. The molecule has 1 heterocycles. The van der Waals surface area contributed by atoms with E-state index in [2.05, 4.69) is 6.92 Å². The van der Waals surface area contributed by atoms with Gasteiger partial charge in [-0.05, 0) is 19.3 Å². The van der Waals surface area contributed by atoms with Crippen LogP contribution in [0.4, 0.5) is 4.39 Å². The van der Waals surface area contributed by atoms with Gasteiger partial charge in [-0.1, -0.05) is 6.92 Å². The van der Waals surface area contributed by atoms with Crippen LogP contribution in [0, 0.1) is 5.92 Å². The van der Waals surface area contributed by atoms with E-state index in [-0.39, 0.29) is 12.3 Å². The Hall–Kier alpha value is -0.600. The molecule has 0 aliphatic carbocycles. The van der Waals surface area contributed by atoms with Crippen molar-refractivity contribution in [2.24, 2.45) is 5.92 Å². The quantitative estimate of drug-likeness (QED) is 0.621. The van der Waals surface area contributed by atoms with E-state index >= 15 is 0 Å². The van der Waals surface area contributed by atoms with E-state index < -0.39 is 6.67 Å². The van der Waals surface area contributed by atoms with Crippen LogP contribution in [-0.4, -0.2) is 30.1 Å². The van der Waals surface area contributed by atoms with Crippen LogP contribution >= 0.6 is 0 Å². The maximum atomic E-state index is 11.9. The normalized spacial score (nSPS) is 29.4. The number of hydrogen-bond acceptors (Lipinski definition) is 1. The predicted octanol–water partition coefficient (Wildman–Crippen LogP) is 1.60. The lowest BCUT2D eigenvalue weighted by Crippen LogP contribution is -2.35. The minimum Gasteiger partial charge on any atom is -0.340 e. The van der Waals surface area contributed by atoms with E-state index in [1.807, 2.05) is 6.92 Å². The molecule has 0 aromatic carbocycles. The van der Waals surface area contributed by atoms with Gasteiger partial charge in [0.25, 0.3) is 0 Å². The predicted molar refractivity (Wildman–Crippen MR) is 45.5 cm³/mol. The van der Waals surface area contributed by atoms with Gasteiger partial charge in [0, 0.05) is 12.6 Å². The highest BCUT2D eigenvalue weighted by molar-refractivity contribution is 5.76. The first-order chi connectivity index (χ1) is 5.66. The summed E-state index contributed by atoms with van der Waals surface area (Å²) in [5, 5.41) is 0. The molecular formula is C9H16FNO. The van der Waals surface area contributed by atoms with Crippen LogP contribution in [0.15, 0.2) is 0 Å². The summed E-state index contributed by atoms with van der Waals surface area (Å²) in [5.41, 5.74) is 0. The van der Waals surface area contributed by atoms with Crippen molar-refractivity contribution < 1.29 is 9.18 Å². The Morgan fingerprint density at radius 2 is 2.25 bits per heavy atom. The van der Waals surface area contributed by atoms with E-state index in [0.717, 1.165) is 13.0 Å². The third-order valence-electron chi connectivity index (χ3n) is 2.77. The summed E-state index contributed by atoms with van der Waals surface area (Å²) in [6.07, 6.45) is 1.11. The molecule has 1 amide bonds. The highest BCUT2D eigenvalue weighted by atomic mass is 19.1. The zero-order chi connectivity index (χ0) is 9.14. The van der Waals surface area contributed by atoms with E-state index in [4.69, 9.17) is 0 Å². The van der Waals surface area contributed by atoms with E-state index in [1.54, 1.807) is 4.90 Å². The van der Waals surface area contributed by atoms with Crippen molar-refractivity contribution in [1.29, 1.82) is 0 Å². The average Bonchev–Trinajstić information content (AvgIpc) is 2.34. The fourth-order valence-electron chi connectivity index (χ4n) is 1.67. The summed E-state index contributed by atoms with van der Waals surface area (Å²) >= 11 is 0. The molecule has 2 atom stereocenters. The van der Waals surface area contributed by atoms with Crippen LogP contribution in [0.3, 0.4) is 0 Å². The molecule has 1 fully saturated rings. The lowest BCUT2D eigenvalue weighted by atomic mass is 10.1. The molecule has 2 nitrogen and oxygen atoms in total. The summed E-state index contributed by atoms with van der Waals surface area (Å²) in [4.78, 5) is 13.1. The van der Waals surface area contributed by atoms with Gasteiger partial charge in [-0.3, -0.25) is 9.18 Å². The number of rotatable bonds is 2. The van der Waals surface area contributed by atoms with Crippen LogP contribution in [0.2, 0.25) is 0 Å². The summed E-state index contributed by atoms with van der Waals surface area (Å²) in [6.45, 7) is 4.44. The molecule has 0 aromatic rings. The Kier molecular flexibility index (Phi) is 3.06. The van der Waals surface area contributed by atoms with Gasteiger partial charge >= 0.3 is 0 Å². The van der Waals surface area contributed by atoms with Gasteiger partial charge in [0.15, 0.2) is 0 Å². The van der Waals surface area contributed by atoms with E-state index in [1.165, 1.54) is 0 Å². The molecule has 1 aliphatic heterocycles. The Balaban J connectivity index is 2.47. The summed E-state index contributed by atoms with van der Waals surface area (Å²) in [6, 6.07) is 0.295. The third kappa shape index (κ3) is 1.76. The van der Waals surface area contributed by atoms with Crippen molar-refractivity contribution in [2.75, 3.05) is 13.2 Å². The molecule has 0 bridgehead atoms. The highest BCUT2D eigenvalue weighted by Gasteiger charge is 2.30. The van der Waals surface area contributed by atoms with Crippen molar-refractivity contribution in [2.45, 2.75) is 32.7 Å². The van der Waals surface area contributed by atoms with Gasteiger partial charge in [-0.2, -0.15) is 0 Å². The molecule has 0 spiro atoms. The topological polar surface area (TPSA) is 20.3 Å². The number of nitrogens with zero attached hydrogens (tertiary/aromatic N) is 1. The molecule has 70 valence electrons. The van der Waals surface area contributed by atoms with Crippen molar-refractivity contribution in [3.8, 4) is 0 Å².